The number of hydrogen-bond donors (Lipinski definition) is 2. The Morgan fingerprint density at radius 1 is 1.05 bits per heavy atom. The Hall–Kier alpha value is -1.72. The summed E-state index contributed by atoms with van der Waals surface area (Å²) in [6.45, 7) is 0.568. The normalized spacial score (nSPS) is 11.6. The van der Waals surface area contributed by atoms with Crippen molar-refractivity contribution in [1.29, 1.82) is 0 Å². The van der Waals surface area contributed by atoms with E-state index in [1.807, 2.05) is 0 Å². The van der Waals surface area contributed by atoms with Crippen molar-refractivity contribution in [2.75, 3.05) is 0 Å². The van der Waals surface area contributed by atoms with Gasteiger partial charge in [-0.1, -0.05) is 29.8 Å². The summed E-state index contributed by atoms with van der Waals surface area (Å²) in [7, 11) is 0. The van der Waals surface area contributed by atoms with Crippen LogP contribution < -0.4 is 5.32 Å². The summed E-state index contributed by atoms with van der Waals surface area (Å²) in [5.74, 6) is 0.0935. The first-order chi connectivity index (χ1) is 9.86. The van der Waals surface area contributed by atoms with Gasteiger partial charge in [0.25, 0.3) is 0 Å². The Labute approximate surface area is 125 Å². The first kappa shape index (κ1) is 15.7. The fraction of sp³-hybridized carbons (Fsp3) is 0.200. The lowest BCUT2D eigenvalue weighted by Crippen LogP contribution is -2.14. The molecule has 0 fully saturated rings. The molecule has 0 heterocycles. The Bertz CT molecular complexity index is 629. The molecule has 0 saturated carbocycles. The SMILES string of the molecule is Oc1ccc(Cl)cc1CNCc1cccc(C(F)(F)F)c1. The van der Waals surface area contributed by atoms with Gasteiger partial charge in [0.2, 0.25) is 0 Å². The second-order valence-corrected chi connectivity index (χ2v) is 5.01. The third-order valence-corrected chi connectivity index (χ3v) is 3.18. The molecule has 2 nitrogen and oxygen atoms in total. The van der Waals surface area contributed by atoms with E-state index in [9.17, 15) is 18.3 Å². The van der Waals surface area contributed by atoms with E-state index in [2.05, 4.69) is 5.32 Å². The highest BCUT2D eigenvalue weighted by Crippen LogP contribution is 2.29. The van der Waals surface area contributed by atoms with Crippen LogP contribution in [0, 0.1) is 0 Å². The van der Waals surface area contributed by atoms with Gasteiger partial charge in [-0.25, -0.2) is 0 Å². The van der Waals surface area contributed by atoms with Crippen molar-refractivity contribution in [3.63, 3.8) is 0 Å². The van der Waals surface area contributed by atoms with Crippen molar-refractivity contribution in [2.24, 2.45) is 0 Å². The highest BCUT2D eigenvalue weighted by molar-refractivity contribution is 6.30. The summed E-state index contributed by atoms with van der Waals surface area (Å²) < 4.78 is 37.8. The minimum atomic E-state index is -4.35. The van der Waals surface area contributed by atoms with Gasteiger partial charge in [-0.3, -0.25) is 0 Å². The number of halogens is 4. The molecule has 0 aromatic heterocycles. The number of nitrogens with one attached hydrogen (secondary N) is 1. The molecule has 0 unspecified atom stereocenters. The maximum absolute atomic E-state index is 12.6. The van der Waals surface area contributed by atoms with Crippen molar-refractivity contribution < 1.29 is 18.3 Å². The molecule has 2 N–H and O–H groups in total. The van der Waals surface area contributed by atoms with Crippen LogP contribution in [-0.4, -0.2) is 5.11 Å². The van der Waals surface area contributed by atoms with Crippen LogP contribution in [-0.2, 0) is 19.3 Å². The van der Waals surface area contributed by atoms with Gasteiger partial charge in [-0.05, 0) is 29.8 Å². The maximum Gasteiger partial charge on any atom is 0.416 e. The summed E-state index contributed by atoms with van der Waals surface area (Å²) in [6.07, 6.45) is -4.35. The molecule has 2 rings (SSSR count). The molecule has 0 saturated heterocycles. The Kier molecular flexibility index (Phi) is 4.75. The summed E-state index contributed by atoms with van der Waals surface area (Å²) >= 11 is 5.82. The number of aromatic hydroxyl groups is 1. The monoisotopic (exact) mass is 315 g/mol. The van der Waals surface area contributed by atoms with Gasteiger partial charge < -0.3 is 10.4 Å². The average molecular weight is 316 g/mol. The number of phenolic OH excluding ortho intramolecular Hbond substituents is 1. The van der Waals surface area contributed by atoms with Crippen LogP contribution in [0.1, 0.15) is 16.7 Å². The lowest BCUT2D eigenvalue weighted by Gasteiger charge is -2.10. The average Bonchev–Trinajstić information content (AvgIpc) is 2.42. The van der Waals surface area contributed by atoms with E-state index in [1.54, 1.807) is 18.2 Å². The smallest absolute Gasteiger partial charge is 0.416 e. The van der Waals surface area contributed by atoms with Gasteiger partial charge in [0.1, 0.15) is 5.75 Å². The second kappa shape index (κ2) is 6.37. The highest BCUT2D eigenvalue weighted by atomic mass is 35.5. The van der Waals surface area contributed by atoms with Gasteiger partial charge in [-0.2, -0.15) is 13.2 Å². The first-order valence-corrected chi connectivity index (χ1v) is 6.58. The van der Waals surface area contributed by atoms with E-state index in [1.165, 1.54) is 12.1 Å². The molecule has 112 valence electrons. The molecule has 0 bridgehead atoms. The zero-order chi connectivity index (χ0) is 15.5. The molecule has 0 atom stereocenters. The van der Waals surface area contributed by atoms with Crippen LogP contribution in [0.5, 0.6) is 5.75 Å². The van der Waals surface area contributed by atoms with Crippen LogP contribution in [0.3, 0.4) is 0 Å². The van der Waals surface area contributed by atoms with E-state index < -0.39 is 11.7 Å². The van der Waals surface area contributed by atoms with Crippen molar-refractivity contribution >= 4 is 11.6 Å². The second-order valence-electron chi connectivity index (χ2n) is 4.57. The van der Waals surface area contributed by atoms with Crippen molar-refractivity contribution in [3.8, 4) is 5.75 Å². The third-order valence-electron chi connectivity index (χ3n) is 2.94. The fourth-order valence-corrected chi connectivity index (χ4v) is 2.09. The molecular weight excluding hydrogens is 303 g/mol. The summed E-state index contributed by atoms with van der Waals surface area (Å²) in [5.41, 5.74) is 0.438. The molecule has 0 aliphatic heterocycles. The van der Waals surface area contributed by atoms with Crippen molar-refractivity contribution in [2.45, 2.75) is 19.3 Å². The molecule has 0 amide bonds. The largest absolute Gasteiger partial charge is 0.508 e. The molecule has 0 aliphatic carbocycles. The minimum absolute atomic E-state index is 0.0935. The van der Waals surface area contributed by atoms with Gasteiger partial charge in [0.15, 0.2) is 0 Å². The number of phenols is 1. The molecule has 2 aromatic rings. The van der Waals surface area contributed by atoms with E-state index >= 15 is 0 Å². The molecular formula is C15H13ClF3NO. The molecule has 6 heteroatoms. The number of rotatable bonds is 4. The molecule has 2 aromatic carbocycles. The number of benzene rings is 2. The number of alkyl halides is 3. The van der Waals surface area contributed by atoms with Gasteiger partial charge in [0, 0.05) is 23.7 Å². The van der Waals surface area contributed by atoms with Gasteiger partial charge in [0.05, 0.1) is 5.56 Å². The lowest BCUT2D eigenvalue weighted by molar-refractivity contribution is -0.137. The molecule has 0 radical (unpaired) electrons. The number of hydrogen-bond acceptors (Lipinski definition) is 2. The van der Waals surface area contributed by atoms with E-state index in [0.29, 0.717) is 22.7 Å². The predicted molar refractivity (Wildman–Crippen MR) is 75.1 cm³/mol. The topological polar surface area (TPSA) is 32.3 Å². The quantitative estimate of drug-likeness (QED) is 0.879. The van der Waals surface area contributed by atoms with Crippen molar-refractivity contribution in [1.82, 2.24) is 5.32 Å². The summed E-state index contributed by atoms with van der Waals surface area (Å²) in [4.78, 5) is 0. The minimum Gasteiger partial charge on any atom is -0.508 e. The molecule has 21 heavy (non-hydrogen) atoms. The third kappa shape index (κ3) is 4.37. The van der Waals surface area contributed by atoms with Crippen molar-refractivity contribution in [3.05, 3.63) is 64.2 Å². The standard InChI is InChI=1S/C15H13ClF3NO/c16-13-4-5-14(21)11(7-13)9-20-8-10-2-1-3-12(6-10)15(17,18)19/h1-7,20-21H,8-9H2. The van der Waals surface area contributed by atoms with Gasteiger partial charge >= 0.3 is 6.18 Å². The molecule has 0 aliphatic rings. The van der Waals surface area contributed by atoms with E-state index in [4.69, 9.17) is 11.6 Å². The maximum atomic E-state index is 12.6. The van der Waals surface area contributed by atoms with Crippen LogP contribution in [0.25, 0.3) is 0 Å². The van der Waals surface area contributed by atoms with Crippen LogP contribution >= 0.6 is 11.6 Å². The van der Waals surface area contributed by atoms with Crippen LogP contribution in [0.4, 0.5) is 13.2 Å². The Morgan fingerprint density at radius 3 is 2.52 bits per heavy atom. The Balaban J connectivity index is 1.99. The van der Waals surface area contributed by atoms with Gasteiger partial charge in [-0.15, -0.1) is 0 Å². The Morgan fingerprint density at radius 2 is 1.81 bits per heavy atom. The zero-order valence-corrected chi connectivity index (χ0v) is 11.7. The summed E-state index contributed by atoms with van der Waals surface area (Å²) in [5, 5.41) is 13.1. The zero-order valence-electron chi connectivity index (χ0n) is 10.9. The summed E-state index contributed by atoms with van der Waals surface area (Å²) in [6, 6.07) is 9.76. The lowest BCUT2D eigenvalue weighted by atomic mass is 10.1. The van der Waals surface area contributed by atoms with Crippen LogP contribution in [0.2, 0.25) is 5.02 Å². The predicted octanol–water partition coefficient (Wildman–Crippen LogP) is 4.35. The fourth-order valence-electron chi connectivity index (χ4n) is 1.89. The highest BCUT2D eigenvalue weighted by Gasteiger charge is 2.30. The van der Waals surface area contributed by atoms with E-state index in [-0.39, 0.29) is 12.3 Å². The molecule has 0 spiro atoms. The first-order valence-electron chi connectivity index (χ1n) is 6.20. The van der Waals surface area contributed by atoms with E-state index in [0.717, 1.165) is 12.1 Å². The van der Waals surface area contributed by atoms with Crippen LogP contribution in [0.15, 0.2) is 42.5 Å².